The number of hydrogen-bond donors (Lipinski definition) is 3. The van der Waals surface area contributed by atoms with E-state index in [0.29, 0.717) is 17.1 Å². The smallest absolute Gasteiger partial charge is 0.255 e. The maximum absolute atomic E-state index is 13.1. The van der Waals surface area contributed by atoms with Crippen molar-refractivity contribution in [1.82, 2.24) is 24.8 Å². The lowest BCUT2D eigenvalue weighted by Gasteiger charge is -2.19. The monoisotopic (exact) mass is 459 g/mol. The summed E-state index contributed by atoms with van der Waals surface area (Å²) in [4.78, 5) is 18.3. The lowest BCUT2D eigenvalue weighted by Crippen LogP contribution is -2.29. The summed E-state index contributed by atoms with van der Waals surface area (Å²) in [5.74, 6) is -0.173. The van der Waals surface area contributed by atoms with Crippen molar-refractivity contribution < 1.29 is 9.90 Å². The van der Waals surface area contributed by atoms with Gasteiger partial charge in [-0.15, -0.1) is 0 Å². The number of nitrogens with zero attached hydrogens (tertiary/aromatic N) is 3. The number of hydrogen-bond acceptors (Lipinski definition) is 6. The minimum atomic E-state index is -0.173. The first-order valence-electron chi connectivity index (χ1n) is 10.1. The fourth-order valence-electron chi connectivity index (χ4n) is 3.18. The van der Waals surface area contributed by atoms with Crippen LogP contribution in [0.5, 0.6) is 0 Å². The van der Waals surface area contributed by atoms with Crippen molar-refractivity contribution in [3.63, 3.8) is 0 Å². The van der Waals surface area contributed by atoms with E-state index in [2.05, 4.69) is 27.0 Å². The molecule has 0 radical (unpaired) electrons. The van der Waals surface area contributed by atoms with E-state index >= 15 is 0 Å². The highest BCUT2D eigenvalue weighted by atomic mass is 35.5. The topological polar surface area (TPSA) is 92.1 Å². The number of pyridine rings is 1. The van der Waals surface area contributed by atoms with Gasteiger partial charge in [0.15, 0.2) is 0 Å². The molecule has 9 heteroatoms. The summed E-state index contributed by atoms with van der Waals surface area (Å²) in [5.41, 5.74) is 3.06. The quantitative estimate of drug-likeness (QED) is 0.312. The summed E-state index contributed by atoms with van der Waals surface area (Å²) in [6, 6.07) is 9.16. The molecule has 7 nitrogen and oxygen atoms in total. The molecule has 0 spiro atoms. The van der Waals surface area contributed by atoms with E-state index in [1.807, 2.05) is 25.1 Å². The SMILES string of the molecule is CCCC(NC(=O)c1cnn(-c2ccc(Cl)cc2)c1C)c1cncc(SNCCO)c1. The normalized spacial score (nSPS) is 12.0. The molecule has 31 heavy (non-hydrogen) atoms. The summed E-state index contributed by atoms with van der Waals surface area (Å²) in [5, 5.41) is 17.1. The Labute approximate surface area is 191 Å². The van der Waals surface area contributed by atoms with Crippen LogP contribution in [0.1, 0.15) is 47.4 Å². The largest absolute Gasteiger partial charge is 0.395 e. The molecule has 2 heterocycles. The minimum Gasteiger partial charge on any atom is -0.395 e. The number of rotatable bonds is 10. The molecule has 0 aliphatic carbocycles. The molecule has 1 atom stereocenters. The van der Waals surface area contributed by atoms with Crippen LogP contribution in [0.4, 0.5) is 0 Å². The average Bonchev–Trinajstić information content (AvgIpc) is 3.16. The van der Waals surface area contributed by atoms with Crippen LogP contribution in [0.15, 0.2) is 53.8 Å². The number of amides is 1. The average molecular weight is 460 g/mol. The highest BCUT2D eigenvalue weighted by Gasteiger charge is 2.20. The molecule has 0 aliphatic rings. The number of halogens is 1. The first-order valence-corrected chi connectivity index (χ1v) is 11.3. The molecular weight excluding hydrogens is 434 g/mol. The second kappa shape index (κ2) is 11.3. The third kappa shape index (κ3) is 6.07. The molecule has 0 fully saturated rings. The van der Waals surface area contributed by atoms with Crippen LogP contribution in [0.25, 0.3) is 5.69 Å². The van der Waals surface area contributed by atoms with Gasteiger partial charge in [0, 0.05) is 28.9 Å². The zero-order valence-corrected chi connectivity index (χ0v) is 19.1. The fourth-order valence-corrected chi connectivity index (χ4v) is 3.98. The molecule has 0 bridgehead atoms. The number of aliphatic hydroxyl groups is 1. The maximum Gasteiger partial charge on any atom is 0.255 e. The van der Waals surface area contributed by atoms with Crippen molar-refractivity contribution in [1.29, 1.82) is 0 Å². The molecule has 164 valence electrons. The molecule has 1 amide bonds. The molecule has 0 saturated heterocycles. The Morgan fingerprint density at radius 2 is 2.03 bits per heavy atom. The Balaban J connectivity index is 1.77. The van der Waals surface area contributed by atoms with E-state index in [1.165, 1.54) is 11.9 Å². The number of benzene rings is 1. The molecule has 0 aliphatic heterocycles. The zero-order chi connectivity index (χ0) is 22.2. The number of nitrogens with one attached hydrogen (secondary N) is 2. The molecule has 2 aromatic heterocycles. The molecule has 1 unspecified atom stereocenters. The van der Waals surface area contributed by atoms with Crippen LogP contribution in [0.2, 0.25) is 5.02 Å². The van der Waals surface area contributed by atoms with Gasteiger partial charge in [-0.2, -0.15) is 5.10 Å². The predicted molar refractivity (Wildman–Crippen MR) is 124 cm³/mol. The van der Waals surface area contributed by atoms with Crippen molar-refractivity contribution in [2.24, 2.45) is 0 Å². The highest BCUT2D eigenvalue weighted by Crippen LogP contribution is 2.24. The molecule has 3 rings (SSSR count). The van der Waals surface area contributed by atoms with E-state index in [-0.39, 0.29) is 18.6 Å². The van der Waals surface area contributed by atoms with E-state index in [1.54, 1.807) is 35.4 Å². The Morgan fingerprint density at radius 3 is 2.74 bits per heavy atom. The first-order chi connectivity index (χ1) is 15.0. The third-order valence-electron chi connectivity index (χ3n) is 4.75. The van der Waals surface area contributed by atoms with E-state index in [4.69, 9.17) is 16.7 Å². The van der Waals surface area contributed by atoms with Gasteiger partial charge in [-0.1, -0.05) is 24.9 Å². The van der Waals surface area contributed by atoms with E-state index < -0.39 is 0 Å². The van der Waals surface area contributed by atoms with Gasteiger partial charge >= 0.3 is 0 Å². The van der Waals surface area contributed by atoms with Crippen LogP contribution < -0.4 is 10.0 Å². The van der Waals surface area contributed by atoms with Crippen LogP contribution in [0.3, 0.4) is 0 Å². The van der Waals surface area contributed by atoms with Crippen LogP contribution in [0, 0.1) is 6.92 Å². The van der Waals surface area contributed by atoms with Gasteiger partial charge in [-0.3, -0.25) is 14.5 Å². The number of aliphatic hydroxyl groups excluding tert-OH is 1. The summed E-state index contributed by atoms with van der Waals surface area (Å²) < 4.78 is 4.79. The van der Waals surface area contributed by atoms with E-state index in [9.17, 15) is 4.79 Å². The maximum atomic E-state index is 13.1. The summed E-state index contributed by atoms with van der Waals surface area (Å²) in [6.07, 6.45) is 6.82. The van der Waals surface area contributed by atoms with Crippen LogP contribution >= 0.6 is 23.5 Å². The molecular formula is C22H26ClN5O2S. The summed E-state index contributed by atoms with van der Waals surface area (Å²) in [7, 11) is 0. The molecule has 3 aromatic rings. The van der Waals surface area contributed by atoms with Crippen molar-refractivity contribution in [3.05, 3.63) is 70.8 Å². The highest BCUT2D eigenvalue weighted by molar-refractivity contribution is 7.97. The first kappa shape index (κ1) is 23.3. The summed E-state index contributed by atoms with van der Waals surface area (Å²) >= 11 is 7.38. The van der Waals surface area contributed by atoms with Gasteiger partial charge in [-0.25, -0.2) is 4.68 Å². The van der Waals surface area contributed by atoms with Crippen molar-refractivity contribution >= 4 is 29.5 Å². The Hall–Kier alpha value is -2.39. The van der Waals surface area contributed by atoms with Gasteiger partial charge in [0.1, 0.15) is 0 Å². The van der Waals surface area contributed by atoms with Gasteiger partial charge in [0.2, 0.25) is 0 Å². The number of aromatic nitrogens is 3. The lowest BCUT2D eigenvalue weighted by molar-refractivity contribution is 0.0933. The van der Waals surface area contributed by atoms with E-state index in [0.717, 1.165) is 34.7 Å². The second-order valence-corrected chi connectivity index (χ2v) is 8.42. The van der Waals surface area contributed by atoms with Gasteiger partial charge in [0.25, 0.3) is 5.91 Å². The Morgan fingerprint density at radius 1 is 1.26 bits per heavy atom. The van der Waals surface area contributed by atoms with Crippen molar-refractivity contribution in [2.75, 3.05) is 13.2 Å². The number of carbonyl (C=O) groups excluding carboxylic acids is 1. The Kier molecular flexibility index (Phi) is 8.48. The van der Waals surface area contributed by atoms with Gasteiger partial charge in [-0.05, 0) is 61.2 Å². The third-order valence-corrected chi connectivity index (χ3v) is 5.81. The summed E-state index contributed by atoms with van der Waals surface area (Å²) in [6.45, 7) is 4.51. The zero-order valence-electron chi connectivity index (χ0n) is 17.5. The lowest BCUT2D eigenvalue weighted by atomic mass is 10.0. The standard InChI is InChI=1S/C22H26ClN5O2S/c1-3-4-21(16-11-19(13-24-12-16)31-26-9-10-29)27-22(30)20-14-25-28(15(20)2)18-7-5-17(23)6-8-18/h5-8,11-14,21,26,29H,3-4,9-10H2,1-2H3,(H,27,30). The second-order valence-electron chi connectivity index (χ2n) is 7.02. The van der Waals surface area contributed by atoms with Crippen LogP contribution in [-0.4, -0.2) is 38.9 Å². The molecule has 3 N–H and O–H groups in total. The predicted octanol–water partition coefficient (Wildman–Crippen LogP) is 4.09. The van der Waals surface area contributed by atoms with Gasteiger partial charge in [0.05, 0.1) is 35.8 Å². The minimum absolute atomic E-state index is 0.0672. The van der Waals surface area contributed by atoms with Crippen molar-refractivity contribution in [3.8, 4) is 5.69 Å². The molecule has 1 aromatic carbocycles. The van der Waals surface area contributed by atoms with Gasteiger partial charge < -0.3 is 10.4 Å². The van der Waals surface area contributed by atoms with Crippen LogP contribution in [-0.2, 0) is 0 Å². The fraction of sp³-hybridized carbons (Fsp3) is 0.318. The number of carbonyl (C=O) groups is 1. The Bertz CT molecular complexity index is 1010. The van der Waals surface area contributed by atoms with Crippen molar-refractivity contribution in [2.45, 2.75) is 37.6 Å². The molecule has 0 saturated carbocycles.